The van der Waals surface area contributed by atoms with Crippen molar-refractivity contribution in [2.75, 3.05) is 19.4 Å². The fraction of sp³-hybridized carbons (Fsp3) is 0.417. The fourth-order valence-corrected chi connectivity index (χ4v) is 4.03. The van der Waals surface area contributed by atoms with Crippen molar-refractivity contribution in [1.29, 1.82) is 0 Å². The van der Waals surface area contributed by atoms with Gasteiger partial charge < -0.3 is 15.0 Å². The number of nitrogens with zero attached hydrogens (tertiary/aromatic N) is 1. The zero-order valence-corrected chi connectivity index (χ0v) is 19.1. The second-order valence-corrected chi connectivity index (χ2v) is 8.15. The van der Waals surface area contributed by atoms with Crippen LogP contribution in [0.5, 0.6) is 5.75 Å². The summed E-state index contributed by atoms with van der Waals surface area (Å²) < 4.78 is 5.18. The number of aryl methyl sites for hydroxylation is 1. The molecule has 162 valence electrons. The van der Waals surface area contributed by atoms with E-state index < -0.39 is 6.04 Å². The quantitative estimate of drug-likeness (QED) is 0.583. The Morgan fingerprint density at radius 2 is 1.67 bits per heavy atom. The molecule has 0 fully saturated rings. The Balaban J connectivity index is 2.07. The number of carbonyl (C=O) groups excluding carboxylic acids is 2. The lowest BCUT2D eigenvalue weighted by Gasteiger charge is -2.30. The van der Waals surface area contributed by atoms with Crippen LogP contribution < -0.4 is 10.1 Å². The first-order chi connectivity index (χ1) is 14.5. The van der Waals surface area contributed by atoms with Crippen LogP contribution in [0.3, 0.4) is 0 Å². The third-order valence-electron chi connectivity index (χ3n) is 4.86. The average Bonchev–Trinajstić information content (AvgIpc) is 2.75. The van der Waals surface area contributed by atoms with E-state index in [0.29, 0.717) is 25.3 Å². The SMILES string of the molecule is CCNC(=O)[C@@H](CC)N(Cc1ccc(C)cc1)C(=O)CSCc1ccc(OC)cc1. The Kier molecular flexibility index (Phi) is 9.74. The van der Waals surface area contributed by atoms with Gasteiger partial charge in [0, 0.05) is 18.8 Å². The largest absolute Gasteiger partial charge is 0.497 e. The predicted octanol–water partition coefficient (Wildman–Crippen LogP) is 4.18. The fourth-order valence-electron chi connectivity index (χ4n) is 3.16. The normalized spacial score (nSPS) is 11.6. The molecule has 2 aromatic rings. The van der Waals surface area contributed by atoms with Crippen molar-refractivity contribution < 1.29 is 14.3 Å². The minimum Gasteiger partial charge on any atom is -0.497 e. The van der Waals surface area contributed by atoms with Gasteiger partial charge in [0.25, 0.3) is 0 Å². The summed E-state index contributed by atoms with van der Waals surface area (Å²) in [5.74, 6) is 1.75. The lowest BCUT2D eigenvalue weighted by molar-refractivity contribution is -0.139. The molecule has 2 aromatic carbocycles. The molecule has 1 atom stereocenters. The number of carbonyl (C=O) groups is 2. The summed E-state index contributed by atoms with van der Waals surface area (Å²) in [4.78, 5) is 27.4. The second-order valence-electron chi connectivity index (χ2n) is 7.17. The Bertz CT molecular complexity index is 806. The third-order valence-corrected chi connectivity index (χ3v) is 5.85. The van der Waals surface area contributed by atoms with E-state index in [2.05, 4.69) is 5.32 Å². The van der Waals surface area contributed by atoms with E-state index in [1.54, 1.807) is 23.8 Å². The molecule has 0 spiro atoms. The van der Waals surface area contributed by atoms with Gasteiger partial charge in [-0.3, -0.25) is 9.59 Å². The standard InChI is InChI=1S/C24H32N2O3S/c1-5-22(24(28)25-6-2)26(15-19-9-7-18(3)8-10-19)23(27)17-30-16-20-11-13-21(29-4)14-12-20/h7-14,22H,5-6,15-17H2,1-4H3,(H,25,28)/t22-/m1/s1. The first kappa shape index (κ1) is 23.8. The lowest BCUT2D eigenvalue weighted by atomic mass is 10.1. The lowest BCUT2D eigenvalue weighted by Crippen LogP contribution is -2.49. The van der Waals surface area contributed by atoms with E-state index in [0.717, 1.165) is 22.6 Å². The van der Waals surface area contributed by atoms with E-state index in [9.17, 15) is 9.59 Å². The highest BCUT2D eigenvalue weighted by molar-refractivity contribution is 7.99. The molecule has 0 saturated carbocycles. The van der Waals surface area contributed by atoms with Crippen molar-refractivity contribution in [2.45, 2.75) is 45.5 Å². The highest BCUT2D eigenvalue weighted by Gasteiger charge is 2.28. The third kappa shape index (κ3) is 7.10. The molecule has 0 aliphatic heterocycles. The first-order valence-corrected chi connectivity index (χ1v) is 11.5. The molecule has 0 unspecified atom stereocenters. The summed E-state index contributed by atoms with van der Waals surface area (Å²) in [6.45, 7) is 6.85. The summed E-state index contributed by atoms with van der Waals surface area (Å²) in [5.41, 5.74) is 3.33. The first-order valence-electron chi connectivity index (χ1n) is 10.3. The van der Waals surface area contributed by atoms with Gasteiger partial charge in [0.15, 0.2) is 0 Å². The van der Waals surface area contributed by atoms with Crippen molar-refractivity contribution in [3.8, 4) is 5.75 Å². The number of benzene rings is 2. The number of methoxy groups -OCH3 is 1. The van der Waals surface area contributed by atoms with Crippen LogP contribution in [0.1, 0.15) is 37.0 Å². The van der Waals surface area contributed by atoms with Crippen molar-refractivity contribution in [1.82, 2.24) is 10.2 Å². The Morgan fingerprint density at radius 1 is 1.03 bits per heavy atom. The maximum Gasteiger partial charge on any atom is 0.242 e. The van der Waals surface area contributed by atoms with Crippen LogP contribution in [0.25, 0.3) is 0 Å². The molecular formula is C24H32N2O3S. The number of rotatable bonds is 11. The minimum absolute atomic E-state index is 0.0211. The highest BCUT2D eigenvalue weighted by Crippen LogP contribution is 2.19. The van der Waals surface area contributed by atoms with Crippen LogP contribution in [0.2, 0.25) is 0 Å². The molecule has 5 nitrogen and oxygen atoms in total. The van der Waals surface area contributed by atoms with Gasteiger partial charge in [0.1, 0.15) is 11.8 Å². The number of ether oxygens (including phenoxy) is 1. The van der Waals surface area contributed by atoms with E-state index in [4.69, 9.17) is 4.74 Å². The highest BCUT2D eigenvalue weighted by atomic mass is 32.2. The molecule has 30 heavy (non-hydrogen) atoms. The summed E-state index contributed by atoms with van der Waals surface area (Å²) in [6.07, 6.45) is 0.576. The number of hydrogen-bond donors (Lipinski definition) is 1. The zero-order chi connectivity index (χ0) is 21.9. The molecule has 0 radical (unpaired) electrons. The zero-order valence-electron chi connectivity index (χ0n) is 18.3. The smallest absolute Gasteiger partial charge is 0.242 e. The Hall–Kier alpha value is -2.47. The van der Waals surface area contributed by atoms with Gasteiger partial charge in [-0.2, -0.15) is 0 Å². The summed E-state index contributed by atoms with van der Waals surface area (Å²) in [5, 5.41) is 2.87. The van der Waals surface area contributed by atoms with Gasteiger partial charge >= 0.3 is 0 Å². The molecule has 0 aliphatic carbocycles. The average molecular weight is 429 g/mol. The van der Waals surface area contributed by atoms with Crippen LogP contribution >= 0.6 is 11.8 Å². The number of nitrogens with one attached hydrogen (secondary N) is 1. The number of thioether (sulfide) groups is 1. The topological polar surface area (TPSA) is 58.6 Å². The van der Waals surface area contributed by atoms with Crippen molar-refractivity contribution in [2.24, 2.45) is 0 Å². The number of hydrogen-bond acceptors (Lipinski definition) is 4. The van der Waals surface area contributed by atoms with E-state index >= 15 is 0 Å². The molecule has 0 heterocycles. The Morgan fingerprint density at radius 3 is 2.23 bits per heavy atom. The number of likely N-dealkylation sites (N-methyl/N-ethyl adjacent to an activating group) is 1. The van der Waals surface area contributed by atoms with Crippen molar-refractivity contribution in [3.63, 3.8) is 0 Å². The van der Waals surface area contributed by atoms with Gasteiger partial charge in [-0.05, 0) is 43.5 Å². The summed E-state index contributed by atoms with van der Waals surface area (Å²) >= 11 is 1.56. The molecule has 6 heteroatoms. The van der Waals surface area contributed by atoms with Crippen molar-refractivity contribution in [3.05, 3.63) is 65.2 Å². The predicted molar refractivity (Wildman–Crippen MR) is 124 cm³/mol. The summed E-state index contributed by atoms with van der Waals surface area (Å²) in [7, 11) is 1.64. The second kappa shape index (κ2) is 12.3. The Labute approximate surface area is 184 Å². The molecule has 0 saturated heterocycles. The molecule has 1 N–H and O–H groups in total. The molecular weight excluding hydrogens is 396 g/mol. The number of amides is 2. The van der Waals surface area contributed by atoms with Crippen LogP contribution in [-0.4, -0.2) is 42.2 Å². The van der Waals surface area contributed by atoms with Gasteiger partial charge in [0.2, 0.25) is 11.8 Å². The summed E-state index contributed by atoms with van der Waals surface area (Å²) in [6, 6.07) is 15.5. The molecule has 0 aliphatic rings. The van der Waals surface area contributed by atoms with Crippen molar-refractivity contribution >= 4 is 23.6 Å². The minimum atomic E-state index is -0.472. The van der Waals surface area contributed by atoms with Gasteiger partial charge in [-0.15, -0.1) is 11.8 Å². The molecule has 0 aromatic heterocycles. The molecule has 2 rings (SSSR count). The van der Waals surface area contributed by atoms with Crippen LogP contribution in [0.15, 0.2) is 48.5 Å². The van der Waals surface area contributed by atoms with E-state index in [1.807, 2.05) is 69.3 Å². The van der Waals surface area contributed by atoms with E-state index in [1.165, 1.54) is 5.56 Å². The van der Waals surface area contributed by atoms with E-state index in [-0.39, 0.29) is 11.8 Å². The van der Waals surface area contributed by atoms with Gasteiger partial charge in [0.05, 0.1) is 12.9 Å². The monoisotopic (exact) mass is 428 g/mol. The van der Waals surface area contributed by atoms with Crippen LogP contribution in [-0.2, 0) is 21.9 Å². The van der Waals surface area contributed by atoms with Gasteiger partial charge in [-0.25, -0.2) is 0 Å². The molecule has 0 bridgehead atoms. The maximum absolute atomic E-state index is 13.1. The van der Waals surface area contributed by atoms with Crippen LogP contribution in [0, 0.1) is 6.92 Å². The van der Waals surface area contributed by atoms with Crippen LogP contribution in [0.4, 0.5) is 0 Å². The molecule has 2 amide bonds. The van der Waals surface area contributed by atoms with Gasteiger partial charge in [-0.1, -0.05) is 48.9 Å². The maximum atomic E-state index is 13.1.